The van der Waals surface area contributed by atoms with E-state index in [1.807, 2.05) is 27.7 Å². The van der Waals surface area contributed by atoms with Crippen molar-refractivity contribution < 1.29 is 22.8 Å². The summed E-state index contributed by atoms with van der Waals surface area (Å²) >= 11 is 3.26. The summed E-state index contributed by atoms with van der Waals surface area (Å²) < 4.78 is 28.2. The fourth-order valence-corrected chi connectivity index (χ4v) is 5.50. The molecule has 1 aromatic rings. The van der Waals surface area contributed by atoms with Crippen molar-refractivity contribution in [2.24, 2.45) is 0 Å². The molecule has 0 bridgehead atoms. The maximum Gasteiger partial charge on any atom is 0.258 e. The topological polar surface area (TPSA) is 86.3 Å². The third-order valence-corrected chi connectivity index (χ3v) is 6.85. The average molecular weight is 419 g/mol. The van der Waals surface area contributed by atoms with E-state index in [2.05, 4.69) is 20.7 Å². The Kier molecular flexibility index (Phi) is 5.17. The first-order valence-corrected chi connectivity index (χ1v) is 10.0. The van der Waals surface area contributed by atoms with Crippen LogP contribution < -0.4 is 9.83 Å². The van der Waals surface area contributed by atoms with Gasteiger partial charge in [0.25, 0.3) is 6.09 Å². The van der Waals surface area contributed by atoms with E-state index in [1.54, 1.807) is 12.1 Å². The number of carboxylic acid groups (broad SMARTS) is 1. The van der Waals surface area contributed by atoms with Gasteiger partial charge in [0.1, 0.15) is 6.54 Å². The number of quaternary nitrogens is 1. The molecule has 1 unspecified atom stereocenters. The third-order valence-electron chi connectivity index (χ3n) is 4.84. The Bertz CT molecular complexity index is 745. The zero-order valence-electron chi connectivity index (χ0n) is 14.2. The Balaban J connectivity index is 2.29. The van der Waals surface area contributed by atoms with Crippen LogP contribution in [0, 0.1) is 0 Å². The lowest BCUT2D eigenvalue weighted by molar-refractivity contribution is -0.928. The van der Waals surface area contributed by atoms with Gasteiger partial charge in [0.05, 0.1) is 22.5 Å². The minimum absolute atomic E-state index is 0.152. The van der Waals surface area contributed by atoms with E-state index in [9.17, 15) is 18.3 Å². The molecule has 3 atom stereocenters. The van der Waals surface area contributed by atoms with E-state index in [1.165, 1.54) is 12.1 Å². The van der Waals surface area contributed by atoms with Gasteiger partial charge in [0.2, 0.25) is 10.0 Å². The Morgan fingerprint density at radius 3 is 2.46 bits per heavy atom. The summed E-state index contributed by atoms with van der Waals surface area (Å²) in [6.45, 7) is 7.51. The molecule has 1 aliphatic heterocycles. The van der Waals surface area contributed by atoms with Crippen LogP contribution in [0.5, 0.6) is 0 Å². The lowest BCUT2D eigenvalue weighted by atomic mass is 10.0. The minimum Gasteiger partial charge on any atom is -0.498 e. The summed E-state index contributed by atoms with van der Waals surface area (Å²) in [5.74, 6) is 0. The van der Waals surface area contributed by atoms with E-state index < -0.39 is 27.7 Å². The first-order chi connectivity index (χ1) is 10.9. The van der Waals surface area contributed by atoms with Crippen molar-refractivity contribution in [3.8, 4) is 0 Å². The number of halogens is 1. The predicted molar refractivity (Wildman–Crippen MR) is 92.6 cm³/mol. The quantitative estimate of drug-likeness (QED) is 0.758. The number of nitrogens with one attached hydrogen (secondary N) is 1. The lowest BCUT2D eigenvalue weighted by Crippen LogP contribution is -2.69. The van der Waals surface area contributed by atoms with Crippen LogP contribution in [0.25, 0.3) is 0 Å². The van der Waals surface area contributed by atoms with Crippen LogP contribution >= 0.6 is 15.9 Å². The Morgan fingerprint density at radius 2 is 2.00 bits per heavy atom. The molecule has 24 heavy (non-hydrogen) atoms. The number of amides is 1. The van der Waals surface area contributed by atoms with E-state index in [-0.39, 0.29) is 22.0 Å². The normalized spacial score (nSPS) is 28.0. The van der Waals surface area contributed by atoms with Gasteiger partial charge in [-0.05, 0) is 45.9 Å². The highest BCUT2D eigenvalue weighted by Crippen LogP contribution is 2.36. The first kappa shape index (κ1) is 19.4. The number of benzene rings is 1. The molecule has 0 saturated carbocycles. The molecule has 0 aliphatic carbocycles. The van der Waals surface area contributed by atoms with Crippen molar-refractivity contribution in [3.63, 3.8) is 0 Å². The minimum atomic E-state index is -3.71. The van der Waals surface area contributed by atoms with E-state index in [0.29, 0.717) is 10.9 Å². The number of sulfonamides is 1. The van der Waals surface area contributed by atoms with Crippen molar-refractivity contribution in [2.75, 3.05) is 6.54 Å². The summed E-state index contributed by atoms with van der Waals surface area (Å²) in [6, 6.07) is 5.72. The number of carbonyl (C=O) groups is 1. The van der Waals surface area contributed by atoms with E-state index in [0.717, 1.165) is 0 Å². The van der Waals surface area contributed by atoms with Gasteiger partial charge in [-0.2, -0.15) is 0 Å². The molecule has 2 rings (SSSR count). The average Bonchev–Trinajstić information content (AvgIpc) is 2.75. The summed E-state index contributed by atoms with van der Waals surface area (Å²) in [6.07, 6.45) is -0.725. The fourth-order valence-electron chi connectivity index (χ4n) is 3.66. The van der Waals surface area contributed by atoms with E-state index in [4.69, 9.17) is 0 Å². The zero-order chi connectivity index (χ0) is 18.3. The largest absolute Gasteiger partial charge is 0.498 e. The maximum atomic E-state index is 12.6. The summed E-state index contributed by atoms with van der Waals surface area (Å²) in [5.41, 5.74) is -0.589. The SMILES string of the molecule is C[C@H]1C[C@@H](NS(=O)(=O)c2cccc(Br)c2)C[N+]1(C(=O)[O-])C(C)(C)C. The summed E-state index contributed by atoms with van der Waals surface area (Å²) in [5, 5.41) is 11.9. The molecule has 0 spiro atoms. The van der Waals surface area contributed by atoms with Crippen LogP contribution in [0.4, 0.5) is 4.79 Å². The van der Waals surface area contributed by atoms with Crippen molar-refractivity contribution in [1.82, 2.24) is 4.72 Å². The monoisotopic (exact) mass is 418 g/mol. The number of likely N-dealkylation sites (tertiary alicyclic amines) is 1. The van der Waals surface area contributed by atoms with Crippen LogP contribution in [-0.2, 0) is 10.0 Å². The maximum absolute atomic E-state index is 12.6. The molecule has 6 nitrogen and oxygen atoms in total. The van der Waals surface area contributed by atoms with Crippen LogP contribution in [0.15, 0.2) is 33.6 Å². The van der Waals surface area contributed by atoms with Gasteiger partial charge in [-0.25, -0.2) is 13.1 Å². The molecule has 1 aromatic carbocycles. The summed E-state index contributed by atoms with van der Waals surface area (Å²) in [7, 11) is -3.71. The molecule has 1 amide bonds. The van der Waals surface area contributed by atoms with Gasteiger partial charge in [0, 0.05) is 10.9 Å². The fraction of sp³-hybridized carbons (Fsp3) is 0.562. The molecular formula is C16H23BrN2O4S. The van der Waals surface area contributed by atoms with Crippen molar-refractivity contribution >= 4 is 32.0 Å². The van der Waals surface area contributed by atoms with Crippen LogP contribution in [-0.4, -0.2) is 43.2 Å². The summed E-state index contributed by atoms with van der Waals surface area (Å²) in [4.78, 5) is 12.0. The highest BCUT2D eigenvalue weighted by atomic mass is 79.9. The van der Waals surface area contributed by atoms with Crippen LogP contribution in [0.3, 0.4) is 0 Å². The Labute approximate surface area is 151 Å². The van der Waals surface area contributed by atoms with Crippen molar-refractivity contribution in [1.29, 1.82) is 0 Å². The molecule has 1 aliphatic rings. The van der Waals surface area contributed by atoms with Gasteiger partial charge in [0.15, 0.2) is 0 Å². The highest BCUT2D eigenvalue weighted by Gasteiger charge is 2.54. The number of nitrogens with zero attached hydrogens (tertiary/aromatic N) is 1. The van der Waals surface area contributed by atoms with Gasteiger partial charge in [-0.15, -0.1) is 0 Å². The smallest absolute Gasteiger partial charge is 0.258 e. The van der Waals surface area contributed by atoms with Gasteiger partial charge >= 0.3 is 0 Å². The molecule has 0 aromatic heterocycles. The number of rotatable bonds is 3. The molecule has 1 fully saturated rings. The highest BCUT2D eigenvalue weighted by molar-refractivity contribution is 9.10. The molecule has 1 saturated heterocycles. The number of hydrogen-bond donors (Lipinski definition) is 1. The number of hydrogen-bond acceptors (Lipinski definition) is 4. The molecule has 0 radical (unpaired) electrons. The predicted octanol–water partition coefficient (Wildman–Crippen LogP) is 1.85. The Hall–Kier alpha value is -0.960. The molecular weight excluding hydrogens is 396 g/mol. The van der Waals surface area contributed by atoms with Gasteiger partial charge in [-0.1, -0.05) is 22.0 Å². The van der Waals surface area contributed by atoms with Crippen molar-refractivity contribution in [3.05, 3.63) is 28.7 Å². The second-order valence-corrected chi connectivity index (χ2v) is 9.98. The Morgan fingerprint density at radius 1 is 1.38 bits per heavy atom. The first-order valence-electron chi connectivity index (χ1n) is 7.77. The molecule has 134 valence electrons. The zero-order valence-corrected chi connectivity index (χ0v) is 16.6. The third kappa shape index (κ3) is 3.37. The second kappa shape index (κ2) is 6.40. The van der Waals surface area contributed by atoms with Gasteiger partial charge < -0.3 is 9.90 Å². The molecule has 1 heterocycles. The lowest BCUT2D eigenvalue weighted by Gasteiger charge is -2.48. The van der Waals surface area contributed by atoms with Crippen LogP contribution in [0.1, 0.15) is 34.1 Å². The standard InChI is InChI=1S/C16H23BrN2O4S/c1-11-8-13(10-19(11,15(20)21)16(2,3)4)18-24(22,23)14-7-5-6-12(17)9-14/h5-7,9,11,13,18H,8,10H2,1-4H3/t11-,13+,19?/m0/s1. The van der Waals surface area contributed by atoms with Gasteiger partial charge in [-0.3, -0.25) is 4.48 Å². The molecule has 1 N–H and O–H groups in total. The van der Waals surface area contributed by atoms with E-state index >= 15 is 0 Å². The van der Waals surface area contributed by atoms with Crippen LogP contribution in [0.2, 0.25) is 0 Å². The van der Waals surface area contributed by atoms with Crippen molar-refractivity contribution in [2.45, 2.75) is 56.6 Å². The molecule has 8 heteroatoms. The number of carbonyl (C=O) groups excluding carboxylic acids is 1. The second-order valence-electron chi connectivity index (χ2n) is 7.35.